The van der Waals surface area contributed by atoms with Gasteiger partial charge in [0.05, 0.1) is 29.4 Å². The van der Waals surface area contributed by atoms with Crippen LogP contribution in [0.3, 0.4) is 0 Å². The number of carboxylic acid groups (broad SMARTS) is 1. The topological polar surface area (TPSA) is 81.0 Å². The first-order valence-electron chi connectivity index (χ1n) is 10.1. The molecule has 2 bridgehead atoms. The van der Waals surface area contributed by atoms with Crippen molar-refractivity contribution in [1.29, 1.82) is 0 Å². The molecule has 0 radical (unpaired) electrons. The van der Waals surface area contributed by atoms with E-state index in [9.17, 15) is 14.7 Å². The van der Waals surface area contributed by atoms with Gasteiger partial charge in [0, 0.05) is 38.0 Å². The van der Waals surface area contributed by atoms with Gasteiger partial charge >= 0.3 is 5.97 Å². The van der Waals surface area contributed by atoms with E-state index in [0.29, 0.717) is 36.2 Å². The van der Waals surface area contributed by atoms with E-state index in [2.05, 4.69) is 5.01 Å². The number of benzene rings is 1. The lowest BCUT2D eigenvalue weighted by Crippen LogP contribution is -2.71. The van der Waals surface area contributed by atoms with Crippen LogP contribution in [0, 0.1) is 5.92 Å². The number of hydrogen-bond donors (Lipinski definition) is 1. The number of aromatic carboxylic acids is 1. The summed E-state index contributed by atoms with van der Waals surface area (Å²) < 4.78 is 12.8. The average Bonchev–Trinajstić information content (AvgIpc) is 2.63. The molecule has 1 aromatic carbocycles. The van der Waals surface area contributed by atoms with Crippen molar-refractivity contribution < 1.29 is 19.4 Å². The molecule has 8 heteroatoms. The minimum absolute atomic E-state index is 0.0427. The van der Waals surface area contributed by atoms with E-state index < -0.39 is 11.4 Å². The summed E-state index contributed by atoms with van der Waals surface area (Å²) in [5.41, 5.74) is 1.84. The fourth-order valence-corrected chi connectivity index (χ4v) is 5.15. The molecular formula is C22H23ClN2O5. The van der Waals surface area contributed by atoms with Crippen molar-refractivity contribution in [2.45, 2.75) is 37.8 Å². The summed E-state index contributed by atoms with van der Waals surface area (Å²) in [6.07, 6.45) is 5.53. The van der Waals surface area contributed by atoms with Gasteiger partial charge in [-0.25, -0.2) is 4.79 Å². The average molecular weight is 431 g/mol. The second kappa shape index (κ2) is 7.03. The lowest BCUT2D eigenvalue weighted by Gasteiger charge is -2.67. The van der Waals surface area contributed by atoms with E-state index in [1.165, 1.54) is 12.3 Å². The van der Waals surface area contributed by atoms with Gasteiger partial charge in [-0.05, 0) is 42.9 Å². The van der Waals surface area contributed by atoms with Crippen LogP contribution in [0.4, 0.5) is 0 Å². The van der Waals surface area contributed by atoms with E-state index in [-0.39, 0.29) is 11.1 Å². The fraction of sp³-hybridized carbons (Fsp3) is 0.455. The van der Waals surface area contributed by atoms with Gasteiger partial charge in [-0.1, -0.05) is 11.6 Å². The largest absolute Gasteiger partial charge is 0.492 e. The molecule has 30 heavy (non-hydrogen) atoms. The number of fused-ring (bicyclic) bond motifs is 3. The van der Waals surface area contributed by atoms with Crippen molar-refractivity contribution >= 4 is 17.6 Å². The highest BCUT2D eigenvalue weighted by molar-refractivity contribution is 6.32. The molecule has 158 valence electrons. The van der Waals surface area contributed by atoms with E-state index in [1.807, 2.05) is 16.8 Å². The number of methoxy groups -OCH3 is 1. The summed E-state index contributed by atoms with van der Waals surface area (Å²) in [4.78, 5) is 24.0. The minimum Gasteiger partial charge on any atom is -0.492 e. The monoisotopic (exact) mass is 430 g/mol. The summed E-state index contributed by atoms with van der Waals surface area (Å²) in [5, 5.41) is 12.1. The Hall–Kier alpha value is -2.51. The highest BCUT2D eigenvalue weighted by Gasteiger charge is 2.61. The molecule has 0 spiro atoms. The number of carboxylic acids is 1. The maximum atomic E-state index is 12.5. The number of pyridine rings is 1. The van der Waals surface area contributed by atoms with Crippen LogP contribution in [0.15, 0.2) is 29.2 Å². The molecule has 0 saturated heterocycles. The first kappa shape index (κ1) is 19.5. The Morgan fingerprint density at radius 2 is 2.03 bits per heavy atom. The standard InChI is InChI=1S/C22H23ClN2O5/c1-29-3-2-4-30-20-5-14-11-25(22-8-13(9-22)10-22)24-12-16(21(27)28)19(26)7-18(24)15(14)6-17(20)23/h5-7,12-13H,2-4,8-11H2,1H3,(H,27,28). The molecule has 0 atom stereocenters. The van der Waals surface area contributed by atoms with E-state index in [4.69, 9.17) is 21.1 Å². The molecule has 3 fully saturated rings. The number of aromatic nitrogens is 1. The van der Waals surface area contributed by atoms with Gasteiger partial charge in [0.2, 0.25) is 0 Å². The third-order valence-electron chi connectivity index (χ3n) is 6.58. The highest BCUT2D eigenvalue weighted by atomic mass is 35.5. The fourth-order valence-electron chi connectivity index (χ4n) is 4.93. The normalized spacial score (nSPS) is 23.1. The lowest BCUT2D eigenvalue weighted by molar-refractivity contribution is -0.0445. The molecule has 1 aromatic heterocycles. The van der Waals surface area contributed by atoms with Gasteiger partial charge in [-0.3, -0.25) is 9.47 Å². The molecule has 0 unspecified atom stereocenters. The maximum Gasteiger partial charge on any atom is 0.341 e. The Morgan fingerprint density at radius 3 is 2.67 bits per heavy atom. The van der Waals surface area contributed by atoms with Crippen molar-refractivity contribution in [2.24, 2.45) is 5.92 Å². The number of nitrogens with zero attached hydrogens (tertiary/aromatic N) is 2. The molecule has 2 heterocycles. The second-order valence-electron chi connectivity index (χ2n) is 8.48. The molecule has 7 nitrogen and oxygen atoms in total. The van der Waals surface area contributed by atoms with Crippen LogP contribution in [-0.2, 0) is 11.3 Å². The molecule has 3 aliphatic carbocycles. The van der Waals surface area contributed by atoms with Crippen molar-refractivity contribution in [3.05, 3.63) is 50.8 Å². The molecule has 6 rings (SSSR count). The zero-order chi connectivity index (χ0) is 21.0. The van der Waals surface area contributed by atoms with Crippen LogP contribution >= 0.6 is 11.6 Å². The molecule has 2 aromatic rings. The van der Waals surface area contributed by atoms with Crippen molar-refractivity contribution in [3.63, 3.8) is 0 Å². The van der Waals surface area contributed by atoms with Crippen molar-refractivity contribution in [1.82, 2.24) is 4.68 Å². The maximum absolute atomic E-state index is 12.5. The number of ether oxygens (including phenoxy) is 2. The molecule has 4 aliphatic rings. The van der Waals surface area contributed by atoms with E-state index in [0.717, 1.165) is 42.7 Å². The summed E-state index contributed by atoms with van der Waals surface area (Å²) in [7, 11) is 1.65. The molecular weight excluding hydrogens is 408 g/mol. The van der Waals surface area contributed by atoms with Gasteiger partial charge in [-0.15, -0.1) is 0 Å². The Balaban J connectivity index is 1.58. The molecule has 3 saturated carbocycles. The summed E-state index contributed by atoms with van der Waals surface area (Å²) in [6, 6.07) is 5.17. The molecule has 0 amide bonds. The van der Waals surface area contributed by atoms with Crippen LogP contribution in [0.2, 0.25) is 5.02 Å². The minimum atomic E-state index is -1.21. The Labute approximate surface area is 178 Å². The highest BCUT2D eigenvalue weighted by Crippen LogP contribution is 2.61. The number of carbonyl (C=O) groups is 1. The number of hydrogen-bond acceptors (Lipinski definition) is 5. The van der Waals surface area contributed by atoms with Crippen LogP contribution < -0.4 is 15.2 Å². The molecule has 1 N–H and O–H groups in total. The first-order valence-corrected chi connectivity index (χ1v) is 10.5. The van der Waals surface area contributed by atoms with Crippen molar-refractivity contribution in [3.8, 4) is 17.0 Å². The van der Waals surface area contributed by atoms with Gasteiger partial charge in [0.15, 0.2) is 5.43 Å². The van der Waals surface area contributed by atoms with Gasteiger partial charge in [-0.2, -0.15) is 0 Å². The van der Waals surface area contributed by atoms with Crippen molar-refractivity contribution in [2.75, 3.05) is 25.3 Å². The number of rotatable bonds is 7. The predicted octanol–water partition coefficient (Wildman–Crippen LogP) is 3.29. The molecule has 1 aliphatic heterocycles. The van der Waals surface area contributed by atoms with Crippen LogP contribution in [-0.4, -0.2) is 41.6 Å². The Kier molecular flexibility index (Phi) is 4.56. The second-order valence-corrected chi connectivity index (χ2v) is 8.89. The number of halogens is 1. The smallest absolute Gasteiger partial charge is 0.341 e. The van der Waals surface area contributed by atoms with Crippen LogP contribution in [0.25, 0.3) is 11.3 Å². The first-order chi connectivity index (χ1) is 14.4. The van der Waals surface area contributed by atoms with Gasteiger partial charge in [0.25, 0.3) is 0 Å². The third kappa shape index (κ3) is 2.91. The zero-order valence-corrected chi connectivity index (χ0v) is 17.4. The third-order valence-corrected chi connectivity index (χ3v) is 6.87. The van der Waals surface area contributed by atoms with Crippen LogP contribution in [0.5, 0.6) is 5.75 Å². The predicted molar refractivity (Wildman–Crippen MR) is 112 cm³/mol. The van der Waals surface area contributed by atoms with E-state index >= 15 is 0 Å². The summed E-state index contributed by atoms with van der Waals surface area (Å²) in [6.45, 7) is 1.73. The lowest BCUT2D eigenvalue weighted by atomic mass is 9.49. The van der Waals surface area contributed by atoms with Gasteiger partial charge < -0.3 is 19.6 Å². The van der Waals surface area contributed by atoms with E-state index in [1.54, 1.807) is 7.11 Å². The Bertz CT molecular complexity index is 1080. The summed E-state index contributed by atoms with van der Waals surface area (Å²) >= 11 is 6.48. The van der Waals surface area contributed by atoms with Crippen LogP contribution in [0.1, 0.15) is 41.6 Å². The quantitative estimate of drug-likeness (QED) is 0.679. The Morgan fingerprint density at radius 1 is 1.27 bits per heavy atom. The van der Waals surface area contributed by atoms with Gasteiger partial charge in [0.1, 0.15) is 11.3 Å². The SMILES string of the molecule is COCCCOc1cc2c(cc1Cl)-c1cc(=O)c(C(=O)O)cn1N(C13CC(C1)C3)C2. The summed E-state index contributed by atoms with van der Waals surface area (Å²) in [5.74, 6) is 0.163. The zero-order valence-electron chi connectivity index (χ0n) is 16.7.